The highest BCUT2D eigenvalue weighted by molar-refractivity contribution is 7.23. The first-order chi connectivity index (χ1) is 12.7. The molecule has 3 heterocycles. The second kappa shape index (κ2) is 6.89. The molecule has 0 unspecified atom stereocenters. The van der Waals surface area contributed by atoms with E-state index in [4.69, 9.17) is 10.5 Å². The van der Waals surface area contributed by atoms with Crippen LogP contribution in [0.15, 0.2) is 36.5 Å². The molecular formula is C18H19N5O2S. The van der Waals surface area contributed by atoms with Crippen molar-refractivity contribution in [3.63, 3.8) is 0 Å². The summed E-state index contributed by atoms with van der Waals surface area (Å²) in [6.45, 7) is 1.23. The van der Waals surface area contributed by atoms with Gasteiger partial charge in [0.1, 0.15) is 5.52 Å². The molecule has 2 aromatic heterocycles. The van der Waals surface area contributed by atoms with Crippen molar-refractivity contribution in [3.05, 3.63) is 36.5 Å². The van der Waals surface area contributed by atoms with Gasteiger partial charge in [0.2, 0.25) is 5.88 Å². The summed E-state index contributed by atoms with van der Waals surface area (Å²) in [7, 11) is 1.56. The van der Waals surface area contributed by atoms with Crippen LogP contribution >= 0.6 is 11.3 Å². The Hall–Kier alpha value is -2.71. The topological polar surface area (TPSA) is 93.4 Å². The Morgan fingerprint density at radius 1 is 1.38 bits per heavy atom. The minimum atomic E-state index is -0.176. The summed E-state index contributed by atoms with van der Waals surface area (Å²) in [4.78, 5) is 23.0. The lowest BCUT2D eigenvalue weighted by Gasteiger charge is -2.15. The van der Waals surface area contributed by atoms with Crippen molar-refractivity contribution in [2.45, 2.75) is 12.5 Å². The monoisotopic (exact) mass is 369 g/mol. The molecule has 134 valence electrons. The first-order valence-corrected chi connectivity index (χ1v) is 9.18. The highest BCUT2D eigenvalue weighted by Crippen LogP contribution is 2.38. The van der Waals surface area contributed by atoms with E-state index in [0.717, 1.165) is 22.2 Å². The maximum atomic E-state index is 12.4. The fourth-order valence-corrected chi connectivity index (χ4v) is 4.04. The number of amides is 2. The van der Waals surface area contributed by atoms with E-state index in [1.54, 1.807) is 18.2 Å². The molecule has 0 radical (unpaired) electrons. The van der Waals surface area contributed by atoms with Gasteiger partial charge in [-0.3, -0.25) is 5.32 Å². The number of urea groups is 1. The third-order valence-corrected chi connectivity index (χ3v) is 5.39. The van der Waals surface area contributed by atoms with E-state index in [1.165, 1.54) is 11.3 Å². The first-order valence-electron chi connectivity index (χ1n) is 8.36. The number of nitrogens with zero attached hydrogens (tertiary/aromatic N) is 3. The van der Waals surface area contributed by atoms with Gasteiger partial charge in [-0.25, -0.2) is 14.8 Å². The van der Waals surface area contributed by atoms with E-state index in [9.17, 15) is 4.79 Å². The van der Waals surface area contributed by atoms with Crippen LogP contribution < -0.4 is 15.8 Å². The molecule has 3 aromatic rings. The zero-order valence-electron chi connectivity index (χ0n) is 14.3. The van der Waals surface area contributed by atoms with Crippen molar-refractivity contribution in [2.75, 3.05) is 25.5 Å². The molecular weight excluding hydrogens is 350 g/mol. The van der Waals surface area contributed by atoms with E-state index < -0.39 is 0 Å². The summed E-state index contributed by atoms with van der Waals surface area (Å²) in [5.41, 5.74) is 8.53. The molecule has 1 fully saturated rings. The highest BCUT2D eigenvalue weighted by atomic mass is 32.1. The lowest BCUT2D eigenvalue weighted by Crippen LogP contribution is -2.35. The third kappa shape index (κ3) is 3.09. The Kier molecular flexibility index (Phi) is 4.44. The molecule has 1 atom stereocenters. The molecule has 0 aliphatic carbocycles. The van der Waals surface area contributed by atoms with Crippen molar-refractivity contribution in [1.29, 1.82) is 0 Å². The van der Waals surface area contributed by atoms with Gasteiger partial charge in [-0.05, 0) is 12.0 Å². The highest BCUT2D eigenvalue weighted by Gasteiger charge is 2.25. The number of likely N-dealkylation sites (tertiary alicyclic amines) is 1. The van der Waals surface area contributed by atoms with Gasteiger partial charge in [0.05, 0.1) is 11.8 Å². The SMILES string of the molecule is COc1ncc(-c2ccccc2)c2sc(NC(=O)N3CC[C@@H](N)C3)nc12. The van der Waals surface area contributed by atoms with Gasteiger partial charge in [-0.15, -0.1) is 0 Å². The van der Waals surface area contributed by atoms with Crippen molar-refractivity contribution < 1.29 is 9.53 Å². The van der Waals surface area contributed by atoms with Gasteiger partial charge >= 0.3 is 6.03 Å². The van der Waals surface area contributed by atoms with Gasteiger partial charge in [-0.2, -0.15) is 0 Å². The van der Waals surface area contributed by atoms with Crippen molar-refractivity contribution in [3.8, 4) is 17.0 Å². The zero-order valence-corrected chi connectivity index (χ0v) is 15.1. The van der Waals surface area contributed by atoms with E-state index in [1.807, 2.05) is 30.3 Å². The Bertz CT molecular complexity index is 943. The summed E-state index contributed by atoms with van der Waals surface area (Å²) in [6.07, 6.45) is 2.60. The van der Waals surface area contributed by atoms with Crippen LogP contribution in [-0.4, -0.2) is 47.1 Å². The Morgan fingerprint density at radius 2 is 2.19 bits per heavy atom. The van der Waals surface area contributed by atoms with Crippen LogP contribution in [0.25, 0.3) is 21.3 Å². The molecule has 1 aromatic carbocycles. The molecule has 26 heavy (non-hydrogen) atoms. The van der Waals surface area contributed by atoms with Gasteiger partial charge in [0.25, 0.3) is 0 Å². The summed E-state index contributed by atoms with van der Waals surface area (Å²) < 4.78 is 6.27. The molecule has 2 amide bonds. The molecule has 0 saturated carbocycles. The third-order valence-electron chi connectivity index (χ3n) is 4.39. The quantitative estimate of drug-likeness (QED) is 0.740. The maximum absolute atomic E-state index is 12.4. The first kappa shape index (κ1) is 16.7. The predicted octanol–water partition coefficient (Wildman–Crippen LogP) is 2.93. The Labute approximate surface area is 154 Å². The Morgan fingerprint density at radius 3 is 2.88 bits per heavy atom. The number of benzene rings is 1. The van der Waals surface area contributed by atoms with E-state index in [2.05, 4.69) is 15.3 Å². The summed E-state index contributed by atoms with van der Waals surface area (Å²) in [5.74, 6) is 0.444. The molecule has 4 rings (SSSR count). The maximum Gasteiger partial charge on any atom is 0.323 e. The smallest absolute Gasteiger partial charge is 0.323 e. The predicted molar refractivity (Wildman–Crippen MR) is 103 cm³/mol. The molecule has 0 bridgehead atoms. The number of pyridine rings is 1. The van der Waals surface area contributed by atoms with Crippen LogP contribution in [0.2, 0.25) is 0 Å². The normalized spacial score (nSPS) is 16.8. The van der Waals surface area contributed by atoms with E-state index >= 15 is 0 Å². The minimum Gasteiger partial charge on any atom is -0.479 e. The number of thiazole rings is 1. The van der Waals surface area contributed by atoms with Crippen LogP contribution in [0.3, 0.4) is 0 Å². The largest absolute Gasteiger partial charge is 0.479 e. The number of methoxy groups -OCH3 is 1. The fraction of sp³-hybridized carbons (Fsp3) is 0.278. The lowest BCUT2D eigenvalue weighted by molar-refractivity contribution is 0.222. The summed E-state index contributed by atoms with van der Waals surface area (Å²) >= 11 is 1.42. The molecule has 8 heteroatoms. The number of nitrogens with one attached hydrogen (secondary N) is 1. The van der Waals surface area contributed by atoms with Gasteiger partial charge < -0.3 is 15.4 Å². The molecule has 3 N–H and O–H groups in total. The van der Waals surface area contributed by atoms with E-state index in [-0.39, 0.29) is 12.1 Å². The van der Waals surface area contributed by atoms with Crippen LogP contribution in [0.4, 0.5) is 9.93 Å². The molecule has 7 nitrogen and oxygen atoms in total. The molecule has 1 aliphatic heterocycles. The number of fused-ring (bicyclic) bond motifs is 1. The van der Waals surface area contributed by atoms with Gasteiger partial charge in [-0.1, -0.05) is 41.7 Å². The van der Waals surface area contributed by atoms with Gasteiger partial charge in [0.15, 0.2) is 5.13 Å². The summed E-state index contributed by atoms with van der Waals surface area (Å²) in [5, 5.41) is 3.40. The number of anilines is 1. The number of hydrogen-bond donors (Lipinski definition) is 2. The number of aromatic nitrogens is 2. The van der Waals surface area contributed by atoms with Crippen molar-refractivity contribution in [2.24, 2.45) is 5.73 Å². The Balaban J connectivity index is 1.70. The second-order valence-corrected chi connectivity index (χ2v) is 7.17. The number of hydrogen-bond acceptors (Lipinski definition) is 6. The zero-order chi connectivity index (χ0) is 18.1. The number of rotatable bonds is 3. The molecule has 1 aliphatic rings. The number of nitrogens with two attached hydrogens (primary N) is 1. The van der Waals surface area contributed by atoms with Crippen LogP contribution in [0.5, 0.6) is 5.88 Å². The molecule has 0 spiro atoms. The fourth-order valence-electron chi connectivity index (χ4n) is 3.06. The lowest BCUT2D eigenvalue weighted by atomic mass is 10.1. The standard InChI is InChI=1S/C18H19N5O2S/c1-25-16-14-15(13(9-20-16)11-5-3-2-4-6-11)26-17(21-14)22-18(24)23-8-7-12(19)10-23/h2-6,9,12H,7-8,10,19H2,1H3,(H,21,22,24)/t12-/m1/s1. The van der Waals surface area contributed by atoms with Crippen LogP contribution in [0, 0.1) is 0 Å². The number of carbonyl (C=O) groups excluding carboxylic acids is 1. The minimum absolute atomic E-state index is 0.0464. The van der Waals surface area contributed by atoms with Crippen molar-refractivity contribution in [1.82, 2.24) is 14.9 Å². The number of ether oxygens (including phenoxy) is 1. The van der Waals surface area contributed by atoms with E-state index in [0.29, 0.717) is 29.6 Å². The molecule has 1 saturated heterocycles. The van der Waals surface area contributed by atoms with Crippen molar-refractivity contribution >= 4 is 32.7 Å². The number of carbonyl (C=O) groups is 1. The average molecular weight is 369 g/mol. The van der Waals surface area contributed by atoms with Crippen LogP contribution in [0.1, 0.15) is 6.42 Å². The average Bonchev–Trinajstić information content (AvgIpc) is 3.27. The van der Waals surface area contributed by atoms with Crippen LogP contribution in [-0.2, 0) is 0 Å². The van der Waals surface area contributed by atoms with Gasteiger partial charge in [0, 0.05) is 30.9 Å². The summed E-state index contributed by atoms with van der Waals surface area (Å²) in [6, 6.07) is 9.84. The second-order valence-electron chi connectivity index (χ2n) is 6.17.